The number of nitrogens with zero attached hydrogens (tertiary/aromatic N) is 2. The first-order valence-electron chi connectivity index (χ1n) is 21.9. The Bertz CT molecular complexity index is 707. The number of hydrogen-bond acceptors (Lipinski definition) is 0. The average molecular weight is 644 g/mol. The van der Waals surface area contributed by atoms with E-state index in [2.05, 4.69) is 42.3 Å². The van der Waals surface area contributed by atoms with Crippen LogP contribution in [-0.2, 0) is 19.5 Å². The third kappa shape index (κ3) is 27.2. The number of rotatable bonds is 38. The topological polar surface area (TPSA) is 8.81 Å². The maximum absolute atomic E-state index is 2.64. The lowest BCUT2D eigenvalue weighted by Gasteiger charge is -2.07. The molecule has 0 N–H and O–H groups in total. The summed E-state index contributed by atoms with van der Waals surface area (Å²) in [7, 11) is 0. The van der Waals surface area contributed by atoms with Gasteiger partial charge in [0.15, 0.2) is 0 Å². The summed E-state index contributed by atoms with van der Waals surface area (Å²) in [6.45, 7) is 9.41. The van der Waals surface area contributed by atoms with Gasteiger partial charge in [0.25, 0.3) is 5.82 Å². The molecule has 0 aliphatic carbocycles. The fourth-order valence-electron chi connectivity index (χ4n) is 7.39. The van der Waals surface area contributed by atoms with Crippen molar-refractivity contribution in [3.8, 4) is 0 Å². The van der Waals surface area contributed by atoms with Gasteiger partial charge in [-0.3, -0.25) is 0 Å². The Hall–Kier alpha value is -0.790. The number of aromatic nitrogens is 2. The monoisotopic (exact) mass is 644 g/mol. The molecule has 0 aliphatic rings. The number of unbranched alkanes of at least 4 members (excludes halogenated alkanes) is 32. The zero-order chi connectivity index (χ0) is 33.0. The minimum Gasteiger partial charge on any atom is -0.234 e. The van der Waals surface area contributed by atoms with E-state index >= 15 is 0 Å². The van der Waals surface area contributed by atoms with Gasteiger partial charge in [0.05, 0.1) is 13.1 Å². The van der Waals surface area contributed by atoms with Gasteiger partial charge in [-0.25, -0.2) is 9.13 Å². The molecule has 2 heteroatoms. The molecule has 0 fully saturated rings. The molecule has 1 aromatic rings. The second-order valence-corrected chi connectivity index (χ2v) is 15.2. The van der Waals surface area contributed by atoms with E-state index in [-0.39, 0.29) is 0 Å². The van der Waals surface area contributed by atoms with E-state index in [1.807, 2.05) is 0 Å². The van der Waals surface area contributed by atoms with E-state index in [1.54, 1.807) is 5.82 Å². The quantitative estimate of drug-likeness (QED) is 0.0501. The van der Waals surface area contributed by atoms with Gasteiger partial charge >= 0.3 is 0 Å². The fourth-order valence-corrected chi connectivity index (χ4v) is 7.39. The molecule has 0 radical (unpaired) electrons. The number of aryl methyl sites for hydroxylation is 2. The van der Waals surface area contributed by atoms with Gasteiger partial charge in [-0.15, -0.1) is 0 Å². The van der Waals surface area contributed by atoms with Gasteiger partial charge in [0.1, 0.15) is 12.4 Å². The lowest BCUT2D eigenvalue weighted by molar-refractivity contribution is -0.704. The highest BCUT2D eigenvalue weighted by Crippen LogP contribution is 2.16. The normalized spacial score (nSPS) is 11.6. The van der Waals surface area contributed by atoms with Gasteiger partial charge in [-0.05, 0) is 32.1 Å². The van der Waals surface area contributed by atoms with E-state index in [4.69, 9.17) is 0 Å². The minimum atomic E-state index is 1.23. The van der Waals surface area contributed by atoms with Crippen LogP contribution in [0.3, 0.4) is 0 Å². The molecule has 0 unspecified atom stereocenters. The van der Waals surface area contributed by atoms with Crippen molar-refractivity contribution in [2.45, 2.75) is 265 Å². The summed E-state index contributed by atoms with van der Waals surface area (Å²) in [5.41, 5.74) is 0. The highest BCUT2D eigenvalue weighted by atomic mass is 15.1. The molecule has 0 bridgehead atoms. The number of hydrogen-bond donors (Lipinski definition) is 0. The van der Waals surface area contributed by atoms with E-state index in [0.717, 1.165) is 0 Å². The van der Waals surface area contributed by atoms with Crippen molar-refractivity contribution in [2.75, 3.05) is 0 Å². The lowest BCUT2D eigenvalue weighted by Crippen LogP contribution is -2.37. The fraction of sp³-hybridized carbons (Fsp3) is 0.932. The Morgan fingerprint density at radius 1 is 0.370 bits per heavy atom. The highest BCUT2D eigenvalue weighted by molar-refractivity contribution is 4.84. The van der Waals surface area contributed by atoms with Crippen molar-refractivity contribution < 1.29 is 4.57 Å². The van der Waals surface area contributed by atoms with Gasteiger partial charge in [0, 0.05) is 6.42 Å². The largest absolute Gasteiger partial charge is 0.256 e. The van der Waals surface area contributed by atoms with Gasteiger partial charge in [-0.2, -0.15) is 0 Å². The third-order valence-electron chi connectivity index (χ3n) is 10.6. The maximum Gasteiger partial charge on any atom is 0.256 e. The smallest absolute Gasteiger partial charge is 0.234 e. The highest BCUT2D eigenvalue weighted by Gasteiger charge is 2.16. The summed E-state index contributed by atoms with van der Waals surface area (Å²) >= 11 is 0. The van der Waals surface area contributed by atoms with E-state index in [9.17, 15) is 0 Å². The van der Waals surface area contributed by atoms with Crippen LogP contribution in [0.2, 0.25) is 0 Å². The first kappa shape index (κ1) is 43.2. The molecular weight excluding hydrogens is 556 g/mol. The molecule has 0 saturated heterocycles. The summed E-state index contributed by atoms with van der Waals surface area (Å²) < 4.78 is 5.27. The Balaban J connectivity index is 2.19. The summed E-state index contributed by atoms with van der Waals surface area (Å²) in [6, 6.07) is 0. The molecule has 2 nitrogen and oxygen atoms in total. The molecule has 0 amide bonds. The molecule has 46 heavy (non-hydrogen) atoms. The van der Waals surface area contributed by atoms with Gasteiger partial charge in [-0.1, -0.05) is 213 Å². The van der Waals surface area contributed by atoms with E-state index < -0.39 is 0 Å². The molecule has 272 valence electrons. The maximum atomic E-state index is 2.64. The average Bonchev–Trinajstić information content (AvgIpc) is 3.45. The van der Waals surface area contributed by atoms with Crippen molar-refractivity contribution in [2.24, 2.45) is 0 Å². The Kier molecular flexibility index (Phi) is 33.4. The molecule has 0 aliphatic heterocycles. The zero-order valence-electron chi connectivity index (χ0n) is 32.4. The van der Waals surface area contributed by atoms with Crippen molar-refractivity contribution >= 4 is 0 Å². The van der Waals surface area contributed by atoms with Crippen LogP contribution in [-0.4, -0.2) is 4.57 Å². The predicted octanol–water partition coefficient (Wildman–Crippen LogP) is 15.0. The molecule has 0 aromatic carbocycles. The molecule has 0 saturated carbocycles. The van der Waals surface area contributed by atoms with Crippen molar-refractivity contribution in [1.82, 2.24) is 4.57 Å². The molecule has 0 spiro atoms. The van der Waals surface area contributed by atoms with Crippen LogP contribution < -0.4 is 4.57 Å². The Morgan fingerprint density at radius 2 is 0.674 bits per heavy atom. The van der Waals surface area contributed by atoms with Crippen molar-refractivity contribution in [1.29, 1.82) is 0 Å². The molecule has 1 heterocycles. The van der Waals surface area contributed by atoms with Crippen LogP contribution in [0.1, 0.15) is 251 Å². The van der Waals surface area contributed by atoms with E-state index in [0.29, 0.717) is 0 Å². The Labute approximate surface area is 291 Å². The molecule has 1 aromatic heterocycles. The first-order chi connectivity index (χ1) is 22.8. The Morgan fingerprint density at radius 3 is 1.04 bits per heavy atom. The summed E-state index contributed by atoms with van der Waals surface area (Å²) in [6.07, 6.45) is 56.4. The number of imidazole rings is 1. The third-order valence-corrected chi connectivity index (χ3v) is 10.6. The van der Waals surface area contributed by atoms with Crippen LogP contribution in [0.5, 0.6) is 0 Å². The predicted molar refractivity (Wildman–Crippen MR) is 207 cm³/mol. The van der Waals surface area contributed by atoms with Crippen LogP contribution in [0.25, 0.3) is 0 Å². The minimum absolute atomic E-state index is 1.23. The summed E-state index contributed by atoms with van der Waals surface area (Å²) in [5.74, 6) is 1.62. The first-order valence-corrected chi connectivity index (χ1v) is 21.9. The second-order valence-electron chi connectivity index (χ2n) is 15.2. The SMILES string of the molecule is CCCCCCCCCCCCCCCCC[n+]1ccn(CCCCCCCCCCCCCCCC)c1CCCCCCCC. The summed E-state index contributed by atoms with van der Waals surface area (Å²) in [5, 5.41) is 0. The van der Waals surface area contributed by atoms with Crippen LogP contribution >= 0.6 is 0 Å². The lowest BCUT2D eigenvalue weighted by atomic mass is 10.0. The molecule has 0 atom stereocenters. The van der Waals surface area contributed by atoms with Crippen LogP contribution in [0.15, 0.2) is 12.4 Å². The van der Waals surface area contributed by atoms with Crippen LogP contribution in [0, 0.1) is 0 Å². The molecular formula is C44H87N2+. The van der Waals surface area contributed by atoms with E-state index in [1.165, 1.54) is 244 Å². The van der Waals surface area contributed by atoms with Crippen molar-refractivity contribution in [3.05, 3.63) is 18.2 Å². The van der Waals surface area contributed by atoms with Crippen molar-refractivity contribution in [3.63, 3.8) is 0 Å². The van der Waals surface area contributed by atoms with Crippen LogP contribution in [0.4, 0.5) is 0 Å². The summed E-state index contributed by atoms with van der Waals surface area (Å²) in [4.78, 5) is 0. The molecule has 1 rings (SSSR count). The second kappa shape index (κ2) is 35.5. The van der Waals surface area contributed by atoms with Gasteiger partial charge < -0.3 is 0 Å². The van der Waals surface area contributed by atoms with Gasteiger partial charge in [0.2, 0.25) is 0 Å². The zero-order valence-corrected chi connectivity index (χ0v) is 32.4. The standard InChI is InChI=1S/C44H87N2/c1-4-7-10-13-16-18-20-22-24-26-28-30-32-35-38-41-46-43-42-45(44(46)39-36-33-15-12-9-6-3)40-37-34-31-29-27-25-23-21-19-17-14-11-8-5-2/h42-43H,4-41H2,1-3H3/q+1.